The third kappa shape index (κ3) is 9.60. The van der Waals surface area contributed by atoms with E-state index in [9.17, 15) is 9.59 Å². The Kier molecular flexibility index (Phi) is 13.0. The maximum atomic E-state index is 13.7. The van der Waals surface area contributed by atoms with Gasteiger partial charge in [-0.1, -0.05) is 12.1 Å². The number of benzene rings is 1. The summed E-state index contributed by atoms with van der Waals surface area (Å²) in [6.45, 7) is 4.35. The summed E-state index contributed by atoms with van der Waals surface area (Å²) >= 11 is 0. The molecule has 1 aromatic carbocycles. The minimum absolute atomic E-state index is 0.0691. The predicted molar refractivity (Wildman–Crippen MR) is 147 cm³/mol. The summed E-state index contributed by atoms with van der Waals surface area (Å²) in [4.78, 5) is 28.7. The smallest absolute Gasteiger partial charge is 0.288 e. The van der Waals surface area contributed by atoms with Crippen molar-refractivity contribution in [2.75, 3.05) is 92.4 Å². The van der Waals surface area contributed by atoms with E-state index in [0.29, 0.717) is 88.9 Å². The molecule has 1 aromatic heterocycles. The van der Waals surface area contributed by atoms with Gasteiger partial charge in [-0.3, -0.25) is 9.59 Å². The van der Waals surface area contributed by atoms with Crippen molar-refractivity contribution in [3.8, 4) is 0 Å². The molecule has 1 N–H and O–H groups in total. The molecule has 226 valence electrons. The Morgan fingerprint density at radius 3 is 2.24 bits per heavy atom. The van der Waals surface area contributed by atoms with Gasteiger partial charge >= 0.3 is 0 Å². The summed E-state index contributed by atoms with van der Waals surface area (Å²) in [6, 6.07) is 7.03. The number of amides is 1. The number of carbonyl (C=O) groups is 1. The van der Waals surface area contributed by atoms with Gasteiger partial charge in [0, 0.05) is 31.0 Å². The van der Waals surface area contributed by atoms with Gasteiger partial charge in [-0.05, 0) is 18.2 Å². The molecule has 1 saturated heterocycles. The lowest BCUT2D eigenvalue weighted by Crippen LogP contribution is -2.40. The molecule has 1 amide bonds. The number of aliphatic hydroxyl groups is 1. The molecule has 2 aliphatic heterocycles. The molecule has 0 saturated carbocycles. The van der Waals surface area contributed by atoms with Crippen molar-refractivity contribution in [3.05, 3.63) is 58.2 Å². The zero-order chi connectivity index (χ0) is 28.7. The molecule has 2 aromatic rings. The van der Waals surface area contributed by atoms with Crippen LogP contribution in [0.25, 0.3) is 11.0 Å². The normalized spacial score (nSPS) is 21.9. The minimum Gasteiger partial charge on any atom is -0.464 e. The molecule has 12 nitrogen and oxygen atoms in total. The van der Waals surface area contributed by atoms with Crippen molar-refractivity contribution in [2.24, 2.45) is 0 Å². The Labute approximate surface area is 238 Å². The van der Waals surface area contributed by atoms with Crippen LogP contribution in [0.3, 0.4) is 0 Å². The average Bonchev–Trinajstić information content (AvgIpc) is 3.00. The van der Waals surface area contributed by atoms with Gasteiger partial charge in [-0.15, -0.1) is 0 Å². The molecule has 0 aliphatic carbocycles. The van der Waals surface area contributed by atoms with Crippen LogP contribution in [0.2, 0.25) is 0 Å². The van der Waals surface area contributed by atoms with Crippen LogP contribution < -0.4 is 5.43 Å². The SMILES string of the molecule is O=C(C1=CC(c2coc3ccccc3c2=O)CC(OCCOCCO)O1)N1CCOCCOCCOCCOCC1. The average molecular weight is 578 g/mol. The van der Waals surface area contributed by atoms with Gasteiger partial charge in [0.05, 0.1) is 90.9 Å². The van der Waals surface area contributed by atoms with Gasteiger partial charge in [0.2, 0.25) is 6.29 Å². The first-order chi connectivity index (χ1) is 20.2. The fourth-order valence-corrected chi connectivity index (χ4v) is 4.46. The van der Waals surface area contributed by atoms with Gasteiger partial charge in [-0.2, -0.15) is 0 Å². The van der Waals surface area contributed by atoms with E-state index < -0.39 is 12.2 Å². The first-order valence-electron chi connectivity index (χ1n) is 14.0. The van der Waals surface area contributed by atoms with E-state index in [1.807, 2.05) is 0 Å². The second kappa shape index (κ2) is 17.2. The molecule has 2 atom stereocenters. The molecule has 0 bridgehead atoms. The Balaban J connectivity index is 1.52. The standard InChI is InChI=1S/C29H39NO11/c31-7-10-36-17-18-39-27-20-22(24-21-40-25-4-2-1-3-23(25)28(24)32)19-26(41-27)29(33)30-5-8-34-11-13-37-15-16-38-14-12-35-9-6-30/h1-4,19,21-22,27,31H,5-18,20H2. The van der Waals surface area contributed by atoms with Crippen LogP contribution in [0.4, 0.5) is 0 Å². The molecule has 4 rings (SSSR count). The highest BCUT2D eigenvalue weighted by Crippen LogP contribution is 2.31. The van der Waals surface area contributed by atoms with Gasteiger partial charge in [-0.25, -0.2) is 0 Å². The Morgan fingerprint density at radius 2 is 1.56 bits per heavy atom. The summed E-state index contributed by atoms with van der Waals surface area (Å²) in [5, 5.41) is 9.39. The first kappa shape index (κ1) is 31.1. The number of nitrogens with zero attached hydrogens (tertiary/aromatic N) is 1. The molecule has 2 aliphatic rings. The van der Waals surface area contributed by atoms with Crippen LogP contribution in [0.15, 0.2) is 51.6 Å². The van der Waals surface area contributed by atoms with E-state index in [-0.39, 0.29) is 43.5 Å². The van der Waals surface area contributed by atoms with Crippen molar-refractivity contribution >= 4 is 16.9 Å². The lowest BCUT2D eigenvalue weighted by atomic mass is 9.93. The van der Waals surface area contributed by atoms with Crippen LogP contribution in [-0.2, 0) is 38.0 Å². The lowest BCUT2D eigenvalue weighted by Gasteiger charge is -2.31. The monoisotopic (exact) mass is 577 g/mol. The third-order valence-corrected chi connectivity index (χ3v) is 6.56. The number of carbonyl (C=O) groups excluding carboxylic acids is 1. The second-order valence-electron chi connectivity index (χ2n) is 9.39. The third-order valence-electron chi connectivity index (χ3n) is 6.56. The molecule has 12 heteroatoms. The highest BCUT2D eigenvalue weighted by Gasteiger charge is 2.32. The molecule has 3 heterocycles. The molecule has 41 heavy (non-hydrogen) atoms. The van der Waals surface area contributed by atoms with Crippen molar-refractivity contribution in [3.63, 3.8) is 0 Å². The summed E-state index contributed by atoms with van der Waals surface area (Å²) in [7, 11) is 0. The van der Waals surface area contributed by atoms with Crippen LogP contribution in [0.1, 0.15) is 17.9 Å². The quantitative estimate of drug-likeness (QED) is 0.457. The van der Waals surface area contributed by atoms with Crippen molar-refractivity contribution in [2.45, 2.75) is 18.6 Å². The molecular formula is C29H39NO11. The van der Waals surface area contributed by atoms with Crippen LogP contribution in [-0.4, -0.2) is 115 Å². The largest absolute Gasteiger partial charge is 0.464 e. The fraction of sp³-hybridized carbons (Fsp3) is 0.586. The van der Waals surface area contributed by atoms with Gasteiger partial charge in [0.15, 0.2) is 11.2 Å². The van der Waals surface area contributed by atoms with Crippen LogP contribution in [0.5, 0.6) is 0 Å². The number of fused-ring (bicyclic) bond motifs is 1. The van der Waals surface area contributed by atoms with E-state index in [4.69, 9.17) is 42.7 Å². The number of para-hydroxylation sites is 1. The summed E-state index contributed by atoms with van der Waals surface area (Å²) in [5.41, 5.74) is 0.721. The van der Waals surface area contributed by atoms with E-state index in [2.05, 4.69) is 0 Å². The number of allylic oxidation sites excluding steroid dienone is 1. The van der Waals surface area contributed by atoms with Crippen molar-refractivity contribution in [1.29, 1.82) is 0 Å². The zero-order valence-electron chi connectivity index (χ0n) is 23.2. The fourth-order valence-electron chi connectivity index (χ4n) is 4.46. The molecule has 1 fully saturated rings. The number of ether oxygens (including phenoxy) is 7. The highest BCUT2D eigenvalue weighted by atomic mass is 16.7. The summed E-state index contributed by atoms with van der Waals surface area (Å²) in [5.74, 6) is -0.786. The maximum Gasteiger partial charge on any atom is 0.288 e. The zero-order valence-corrected chi connectivity index (χ0v) is 23.2. The van der Waals surface area contributed by atoms with E-state index >= 15 is 0 Å². The maximum absolute atomic E-state index is 13.7. The van der Waals surface area contributed by atoms with Gasteiger partial charge < -0.3 is 47.6 Å². The Bertz CT molecular complexity index is 1150. The van der Waals surface area contributed by atoms with Crippen molar-refractivity contribution < 1.29 is 47.5 Å². The van der Waals surface area contributed by atoms with Gasteiger partial charge in [0.1, 0.15) is 5.58 Å². The van der Waals surface area contributed by atoms with Crippen LogP contribution >= 0.6 is 0 Å². The number of hydrogen-bond acceptors (Lipinski definition) is 11. The van der Waals surface area contributed by atoms with E-state index in [0.717, 1.165) is 0 Å². The predicted octanol–water partition coefficient (Wildman–Crippen LogP) is 1.44. The molecule has 2 unspecified atom stereocenters. The molecular weight excluding hydrogens is 538 g/mol. The molecule has 0 spiro atoms. The second-order valence-corrected chi connectivity index (χ2v) is 9.39. The first-order valence-corrected chi connectivity index (χ1v) is 14.0. The minimum atomic E-state index is -0.808. The van der Waals surface area contributed by atoms with E-state index in [1.54, 1.807) is 35.2 Å². The number of rotatable bonds is 8. The van der Waals surface area contributed by atoms with E-state index in [1.165, 1.54) is 6.26 Å². The topological polar surface area (TPSA) is 135 Å². The lowest BCUT2D eigenvalue weighted by molar-refractivity contribution is -0.157. The Hall–Kier alpha value is -2.84. The Morgan fingerprint density at radius 1 is 0.902 bits per heavy atom. The summed E-state index contributed by atoms with van der Waals surface area (Å²) < 4.78 is 45.2. The number of hydrogen-bond donors (Lipinski definition) is 1. The van der Waals surface area contributed by atoms with Crippen LogP contribution in [0, 0.1) is 0 Å². The number of aliphatic hydroxyl groups excluding tert-OH is 1. The van der Waals surface area contributed by atoms with Crippen molar-refractivity contribution in [1.82, 2.24) is 4.90 Å². The highest BCUT2D eigenvalue weighted by molar-refractivity contribution is 5.92. The summed E-state index contributed by atoms with van der Waals surface area (Å²) in [6.07, 6.45) is 2.59. The molecule has 0 radical (unpaired) electrons. The van der Waals surface area contributed by atoms with Gasteiger partial charge in [0.25, 0.3) is 5.91 Å².